The van der Waals surface area contributed by atoms with Crippen LogP contribution in [0.2, 0.25) is 0 Å². The fourth-order valence-corrected chi connectivity index (χ4v) is 3.71. The van der Waals surface area contributed by atoms with Crippen molar-refractivity contribution >= 4 is 5.91 Å². The Labute approximate surface area is 137 Å². The molecule has 0 aromatic carbocycles. The van der Waals surface area contributed by atoms with Gasteiger partial charge in [-0.25, -0.2) is 0 Å². The first-order valence-corrected chi connectivity index (χ1v) is 8.73. The van der Waals surface area contributed by atoms with E-state index in [2.05, 4.69) is 31.9 Å². The van der Waals surface area contributed by atoms with Crippen molar-refractivity contribution in [1.29, 1.82) is 0 Å². The minimum Gasteiger partial charge on any atom is -0.354 e. The van der Waals surface area contributed by atoms with Gasteiger partial charge in [0.15, 0.2) is 0 Å². The molecule has 1 saturated carbocycles. The third-order valence-electron chi connectivity index (χ3n) is 5.07. The van der Waals surface area contributed by atoms with Crippen molar-refractivity contribution in [2.75, 3.05) is 13.1 Å². The van der Waals surface area contributed by atoms with Crippen molar-refractivity contribution in [2.45, 2.75) is 70.6 Å². The van der Waals surface area contributed by atoms with Crippen molar-refractivity contribution in [3.05, 3.63) is 11.6 Å². The van der Waals surface area contributed by atoms with Crippen LogP contribution in [0.25, 0.3) is 0 Å². The second kappa shape index (κ2) is 6.97. The second-order valence-electron chi connectivity index (χ2n) is 6.90. The number of rotatable bonds is 5. The van der Waals surface area contributed by atoms with Crippen LogP contribution in [0, 0.1) is 0 Å². The summed E-state index contributed by atoms with van der Waals surface area (Å²) in [7, 11) is 0. The second-order valence-corrected chi connectivity index (χ2v) is 6.90. The fraction of sp³-hybridized carbons (Fsp3) is 0.812. The molecule has 0 bridgehead atoms. The molecule has 0 radical (unpaired) electrons. The van der Waals surface area contributed by atoms with Crippen LogP contribution in [-0.2, 0) is 17.9 Å². The van der Waals surface area contributed by atoms with Gasteiger partial charge >= 0.3 is 0 Å². The summed E-state index contributed by atoms with van der Waals surface area (Å²) < 4.78 is 2.26. The molecule has 2 fully saturated rings. The summed E-state index contributed by atoms with van der Waals surface area (Å²) in [5, 5.41) is 11.9. The van der Waals surface area contributed by atoms with Gasteiger partial charge in [0.2, 0.25) is 5.91 Å². The van der Waals surface area contributed by atoms with Crippen LogP contribution in [0.15, 0.2) is 0 Å². The van der Waals surface area contributed by atoms with Crippen molar-refractivity contribution in [1.82, 2.24) is 25.0 Å². The molecule has 0 atom stereocenters. The van der Waals surface area contributed by atoms with Gasteiger partial charge in [0.25, 0.3) is 0 Å². The predicted octanol–water partition coefficient (Wildman–Crippen LogP) is 0.603. The van der Waals surface area contributed by atoms with Crippen LogP contribution in [0.3, 0.4) is 0 Å². The van der Waals surface area contributed by atoms with E-state index in [0.717, 1.165) is 63.5 Å². The molecule has 23 heavy (non-hydrogen) atoms. The van der Waals surface area contributed by atoms with E-state index in [1.54, 1.807) is 6.92 Å². The van der Waals surface area contributed by atoms with Crippen molar-refractivity contribution in [2.24, 2.45) is 5.73 Å². The third kappa shape index (κ3) is 3.72. The van der Waals surface area contributed by atoms with Crippen molar-refractivity contribution < 1.29 is 4.79 Å². The van der Waals surface area contributed by atoms with Crippen LogP contribution < -0.4 is 11.1 Å². The Hall–Kier alpha value is -1.47. The number of nitrogens with two attached hydrogens (primary N) is 1. The zero-order chi connectivity index (χ0) is 16.4. The Bertz CT molecular complexity index is 543. The Morgan fingerprint density at radius 1 is 1.30 bits per heavy atom. The molecule has 2 heterocycles. The van der Waals surface area contributed by atoms with Gasteiger partial charge in [-0.3, -0.25) is 9.69 Å². The normalized spacial score (nSPS) is 26.0. The van der Waals surface area contributed by atoms with Gasteiger partial charge in [0.1, 0.15) is 11.6 Å². The first kappa shape index (κ1) is 16.4. The minimum absolute atomic E-state index is 0.0672. The van der Waals surface area contributed by atoms with Crippen LogP contribution in [0.1, 0.15) is 57.1 Å². The molecule has 3 rings (SSSR count). The van der Waals surface area contributed by atoms with E-state index >= 15 is 0 Å². The van der Waals surface area contributed by atoms with Crippen LogP contribution in [0.4, 0.5) is 0 Å². The number of amides is 1. The maximum absolute atomic E-state index is 11.1. The topological polar surface area (TPSA) is 89.1 Å². The summed E-state index contributed by atoms with van der Waals surface area (Å²) in [6, 6.07) is 0.651. The van der Waals surface area contributed by atoms with Crippen LogP contribution in [0.5, 0.6) is 0 Å². The summed E-state index contributed by atoms with van der Waals surface area (Å²) in [6.45, 7) is 7.47. The number of nitrogens with one attached hydrogen (secondary N) is 1. The molecular weight excluding hydrogens is 292 g/mol. The fourth-order valence-electron chi connectivity index (χ4n) is 3.71. The van der Waals surface area contributed by atoms with Gasteiger partial charge in [-0.2, -0.15) is 0 Å². The first-order valence-electron chi connectivity index (χ1n) is 8.73. The van der Waals surface area contributed by atoms with E-state index in [1.165, 1.54) is 0 Å². The Balaban J connectivity index is 1.57. The van der Waals surface area contributed by atoms with Crippen LogP contribution >= 0.6 is 0 Å². The molecule has 1 amide bonds. The van der Waals surface area contributed by atoms with E-state index in [1.807, 2.05) is 0 Å². The summed E-state index contributed by atoms with van der Waals surface area (Å²) in [5.41, 5.74) is 5.91. The third-order valence-corrected chi connectivity index (χ3v) is 5.07. The van der Waals surface area contributed by atoms with E-state index in [4.69, 9.17) is 5.73 Å². The molecule has 1 aromatic rings. The molecule has 0 spiro atoms. The largest absolute Gasteiger partial charge is 0.354 e. The lowest BCUT2D eigenvalue weighted by molar-refractivity contribution is -0.119. The Kier molecular flexibility index (Phi) is 4.96. The predicted molar refractivity (Wildman–Crippen MR) is 87.8 cm³/mol. The zero-order valence-corrected chi connectivity index (χ0v) is 14.2. The zero-order valence-electron chi connectivity index (χ0n) is 14.2. The van der Waals surface area contributed by atoms with Gasteiger partial charge in [0, 0.05) is 44.6 Å². The van der Waals surface area contributed by atoms with E-state index in [9.17, 15) is 4.79 Å². The number of aromatic nitrogens is 3. The SMILES string of the molecule is CCn1c(CN2CCC(NC(C)=O)CC2)nnc1C1CC(N)C1. The van der Waals surface area contributed by atoms with Crippen LogP contribution in [-0.4, -0.2) is 50.7 Å². The lowest BCUT2D eigenvalue weighted by atomic mass is 9.80. The maximum Gasteiger partial charge on any atom is 0.217 e. The molecule has 1 aromatic heterocycles. The molecule has 7 heteroatoms. The maximum atomic E-state index is 11.1. The molecular formula is C16H28N6O. The number of piperidine rings is 1. The molecule has 7 nitrogen and oxygen atoms in total. The highest BCUT2D eigenvalue weighted by atomic mass is 16.1. The van der Waals surface area contributed by atoms with Gasteiger partial charge in [-0.1, -0.05) is 0 Å². The summed E-state index contributed by atoms with van der Waals surface area (Å²) in [4.78, 5) is 13.5. The van der Waals surface area contributed by atoms with E-state index in [0.29, 0.717) is 18.0 Å². The van der Waals surface area contributed by atoms with E-state index < -0.39 is 0 Å². The molecule has 3 N–H and O–H groups in total. The smallest absolute Gasteiger partial charge is 0.217 e. The number of carbonyl (C=O) groups is 1. The number of hydrogen-bond acceptors (Lipinski definition) is 5. The molecule has 2 aliphatic rings. The van der Waals surface area contributed by atoms with Gasteiger partial charge in [0.05, 0.1) is 6.54 Å². The van der Waals surface area contributed by atoms with Crippen molar-refractivity contribution in [3.63, 3.8) is 0 Å². The summed E-state index contributed by atoms with van der Waals surface area (Å²) in [5.74, 6) is 2.72. The quantitative estimate of drug-likeness (QED) is 0.829. The monoisotopic (exact) mass is 320 g/mol. The summed E-state index contributed by atoms with van der Waals surface area (Å²) >= 11 is 0. The molecule has 1 saturated heterocycles. The number of likely N-dealkylation sites (tertiary alicyclic amines) is 1. The highest BCUT2D eigenvalue weighted by Crippen LogP contribution is 2.34. The average molecular weight is 320 g/mol. The highest BCUT2D eigenvalue weighted by molar-refractivity contribution is 5.73. The molecule has 128 valence electrons. The first-order chi connectivity index (χ1) is 11.1. The Morgan fingerprint density at radius 3 is 2.57 bits per heavy atom. The molecule has 0 unspecified atom stereocenters. The number of nitrogens with zero attached hydrogens (tertiary/aromatic N) is 4. The highest BCUT2D eigenvalue weighted by Gasteiger charge is 2.32. The lowest BCUT2D eigenvalue weighted by Crippen LogP contribution is -2.44. The minimum atomic E-state index is 0.0672. The van der Waals surface area contributed by atoms with Gasteiger partial charge in [-0.15, -0.1) is 10.2 Å². The standard InChI is InChI=1S/C16H28N6O/c1-3-22-15(19-20-16(22)12-8-13(17)9-12)10-21-6-4-14(5-7-21)18-11(2)23/h12-14H,3-10,17H2,1-2H3,(H,18,23). The molecule has 1 aliphatic heterocycles. The summed E-state index contributed by atoms with van der Waals surface area (Å²) in [6.07, 6.45) is 4.06. The number of hydrogen-bond donors (Lipinski definition) is 2. The van der Waals surface area contributed by atoms with Crippen molar-refractivity contribution in [3.8, 4) is 0 Å². The average Bonchev–Trinajstić information content (AvgIpc) is 2.87. The lowest BCUT2D eigenvalue weighted by Gasteiger charge is -2.33. The van der Waals surface area contributed by atoms with E-state index in [-0.39, 0.29) is 5.91 Å². The van der Waals surface area contributed by atoms with Gasteiger partial charge < -0.3 is 15.6 Å². The number of carbonyl (C=O) groups excluding carboxylic acids is 1. The van der Waals surface area contributed by atoms with Gasteiger partial charge in [-0.05, 0) is 32.6 Å². The molecule has 1 aliphatic carbocycles. The Morgan fingerprint density at radius 2 is 2.00 bits per heavy atom.